The fourth-order valence-corrected chi connectivity index (χ4v) is 2.67. The molecule has 1 aromatic heterocycles. The molecule has 0 atom stereocenters. The third-order valence-corrected chi connectivity index (χ3v) is 3.98. The zero-order chi connectivity index (χ0) is 12.8. The molecule has 0 amide bonds. The minimum atomic E-state index is 0.650. The van der Waals surface area contributed by atoms with E-state index < -0.39 is 0 Å². The van der Waals surface area contributed by atoms with E-state index >= 15 is 0 Å². The molecule has 0 fully saturated rings. The molecule has 3 heteroatoms. The van der Waals surface area contributed by atoms with Crippen LogP contribution in [-0.4, -0.2) is 6.54 Å². The standard InChI is InChI=1S/C15H19NOS/c1-2-14-6-7-15(18-14)11-17-13-5-3-4-12(10-13)8-9-16/h3-7,10H,2,8-9,11,16H2,1H3. The van der Waals surface area contributed by atoms with Crippen molar-refractivity contribution in [2.45, 2.75) is 26.4 Å². The lowest BCUT2D eigenvalue weighted by Crippen LogP contribution is -2.02. The first-order valence-electron chi connectivity index (χ1n) is 6.31. The van der Waals surface area contributed by atoms with E-state index in [1.54, 1.807) is 0 Å². The van der Waals surface area contributed by atoms with Crippen LogP contribution in [0.5, 0.6) is 5.75 Å². The van der Waals surface area contributed by atoms with Crippen LogP contribution in [0.1, 0.15) is 22.2 Å². The Balaban J connectivity index is 1.94. The van der Waals surface area contributed by atoms with Gasteiger partial charge in [-0.1, -0.05) is 19.1 Å². The predicted octanol–water partition coefficient (Wildman–Crippen LogP) is 3.39. The molecule has 0 saturated heterocycles. The number of hydrogen-bond acceptors (Lipinski definition) is 3. The van der Waals surface area contributed by atoms with Crippen molar-refractivity contribution >= 4 is 11.3 Å². The minimum absolute atomic E-state index is 0.650. The summed E-state index contributed by atoms with van der Waals surface area (Å²) >= 11 is 1.82. The largest absolute Gasteiger partial charge is 0.488 e. The van der Waals surface area contributed by atoms with E-state index in [1.165, 1.54) is 15.3 Å². The second kappa shape index (κ2) is 6.57. The number of thiophene rings is 1. The van der Waals surface area contributed by atoms with E-state index in [0.29, 0.717) is 13.2 Å². The van der Waals surface area contributed by atoms with Crippen LogP contribution in [-0.2, 0) is 19.4 Å². The SMILES string of the molecule is CCc1ccc(COc2cccc(CCN)c2)s1. The zero-order valence-electron chi connectivity index (χ0n) is 10.7. The summed E-state index contributed by atoms with van der Waals surface area (Å²) < 4.78 is 5.81. The van der Waals surface area contributed by atoms with E-state index in [9.17, 15) is 0 Å². The van der Waals surface area contributed by atoms with Crippen LogP contribution >= 0.6 is 11.3 Å². The lowest BCUT2D eigenvalue weighted by atomic mass is 10.1. The molecule has 0 spiro atoms. The normalized spacial score (nSPS) is 10.6. The molecule has 0 saturated carbocycles. The summed E-state index contributed by atoms with van der Waals surface area (Å²) in [6, 6.07) is 12.5. The molecule has 2 nitrogen and oxygen atoms in total. The number of rotatable bonds is 6. The van der Waals surface area contributed by atoms with Crippen molar-refractivity contribution in [1.29, 1.82) is 0 Å². The van der Waals surface area contributed by atoms with Gasteiger partial charge < -0.3 is 10.5 Å². The van der Waals surface area contributed by atoms with Gasteiger partial charge in [0, 0.05) is 9.75 Å². The van der Waals surface area contributed by atoms with E-state index in [1.807, 2.05) is 23.5 Å². The van der Waals surface area contributed by atoms with Gasteiger partial charge in [0.15, 0.2) is 0 Å². The Morgan fingerprint density at radius 1 is 1.17 bits per heavy atom. The molecule has 0 unspecified atom stereocenters. The van der Waals surface area contributed by atoms with Crippen LogP contribution in [0.2, 0.25) is 0 Å². The van der Waals surface area contributed by atoms with E-state index in [2.05, 4.69) is 31.2 Å². The Morgan fingerprint density at radius 2 is 2.00 bits per heavy atom. The topological polar surface area (TPSA) is 35.2 Å². The first kappa shape index (κ1) is 13.1. The summed E-state index contributed by atoms with van der Waals surface area (Å²) in [5.41, 5.74) is 6.79. The summed E-state index contributed by atoms with van der Waals surface area (Å²) in [6.45, 7) is 3.50. The second-order valence-electron chi connectivity index (χ2n) is 4.20. The summed E-state index contributed by atoms with van der Waals surface area (Å²) in [4.78, 5) is 2.68. The molecule has 0 bridgehead atoms. The lowest BCUT2D eigenvalue weighted by molar-refractivity contribution is 0.309. The van der Waals surface area contributed by atoms with Crippen molar-refractivity contribution in [3.8, 4) is 5.75 Å². The van der Waals surface area contributed by atoms with Crippen LogP contribution < -0.4 is 10.5 Å². The number of benzene rings is 1. The minimum Gasteiger partial charge on any atom is -0.488 e. The van der Waals surface area contributed by atoms with Gasteiger partial charge >= 0.3 is 0 Å². The average Bonchev–Trinajstić information content (AvgIpc) is 2.85. The van der Waals surface area contributed by atoms with Crippen molar-refractivity contribution in [3.63, 3.8) is 0 Å². The maximum absolute atomic E-state index is 5.81. The van der Waals surface area contributed by atoms with Crippen LogP contribution in [0.25, 0.3) is 0 Å². The molecule has 0 aliphatic rings. The highest BCUT2D eigenvalue weighted by molar-refractivity contribution is 7.11. The second-order valence-corrected chi connectivity index (χ2v) is 5.45. The number of aryl methyl sites for hydroxylation is 1. The first-order valence-corrected chi connectivity index (χ1v) is 7.13. The zero-order valence-corrected chi connectivity index (χ0v) is 11.5. The summed E-state index contributed by atoms with van der Waals surface area (Å²) in [7, 11) is 0. The molecule has 96 valence electrons. The maximum atomic E-state index is 5.81. The quantitative estimate of drug-likeness (QED) is 0.865. The molecule has 0 aliphatic carbocycles. The fourth-order valence-electron chi connectivity index (χ4n) is 1.80. The number of nitrogens with two attached hydrogens (primary N) is 1. The lowest BCUT2D eigenvalue weighted by Gasteiger charge is -2.06. The Hall–Kier alpha value is -1.32. The molecular formula is C15H19NOS. The Labute approximate surface area is 112 Å². The Kier molecular flexibility index (Phi) is 4.79. The van der Waals surface area contributed by atoms with E-state index in [0.717, 1.165) is 18.6 Å². The number of hydrogen-bond donors (Lipinski definition) is 1. The van der Waals surface area contributed by atoms with Gasteiger partial charge in [-0.15, -0.1) is 11.3 Å². The molecule has 1 aromatic carbocycles. The smallest absolute Gasteiger partial charge is 0.122 e. The van der Waals surface area contributed by atoms with Crippen LogP contribution in [0, 0.1) is 0 Å². The summed E-state index contributed by atoms with van der Waals surface area (Å²) in [5.74, 6) is 0.924. The van der Waals surface area contributed by atoms with Crippen LogP contribution in [0.4, 0.5) is 0 Å². The van der Waals surface area contributed by atoms with Gasteiger partial charge in [0.25, 0.3) is 0 Å². The third-order valence-electron chi connectivity index (χ3n) is 2.78. The number of ether oxygens (including phenoxy) is 1. The highest BCUT2D eigenvalue weighted by Crippen LogP contribution is 2.20. The highest BCUT2D eigenvalue weighted by Gasteiger charge is 2.01. The van der Waals surface area contributed by atoms with Gasteiger partial charge in [-0.05, 0) is 49.2 Å². The predicted molar refractivity (Wildman–Crippen MR) is 77.2 cm³/mol. The van der Waals surface area contributed by atoms with Gasteiger partial charge in [0.05, 0.1) is 0 Å². The van der Waals surface area contributed by atoms with Gasteiger partial charge in [-0.2, -0.15) is 0 Å². The first-order chi connectivity index (χ1) is 8.81. The van der Waals surface area contributed by atoms with Crippen molar-refractivity contribution in [1.82, 2.24) is 0 Å². The summed E-state index contributed by atoms with van der Waals surface area (Å²) in [6.07, 6.45) is 1.99. The Morgan fingerprint density at radius 3 is 2.72 bits per heavy atom. The van der Waals surface area contributed by atoms with Crippen molar-refractivity contribution in [3.05, 3.63) is 51.7 Å². The van der Waals surface area contributed by atoms with Crippen molar-refractivity contribution in [2.75, 3.05) is 6.54 Å². The van der Waals surface area contributed by atoms with Gasteiger partial charge in [0.2, 0.25) is 0 Å². The maximum Gasteiger partial charge on any atom is 0.122 e. The third kappa shape index (κ3) is 3.59. The molecule has 2 rings (SSSR count). The monoisotopic (exact) mass is 261 g/mol. The fraction of sp³-hybridized carbons (Fsp3) is 0.333. The molecule has 2 N–H and O–H groups in total. The van der Waals surface area contributed by atoms with Crippen molar-refractivity contribution in [2.24, 2.45) is 5.73 Å². The molecule has 2 aromatic rings. The molecule has 1 heterocycles. The van der Waals surface area contributed by atoms with E-state index in [-0.39, 0.29) is 0 Å². The van der Waals surface area contributed by atoms with Gasteiger partial charge in [-0.3, -0.25) is 0 Å². The van der Waals surface area contributed by atoms with Crippen LogP contribution in [0.15, 0.2) is 36.4 Å². The molecule has 0 aliphatic heterocycles. The van der Waals surface area contributed by atoms with E-state index in [4.69, 9.17) is 10.5 Å². The summed E-state index contributed by atoms with van der Waals surface area (Å²) in [5, 5.41) is 0. The average molecular weight is 261 g/mol. The van der Waals surface area contributed by atoms with Crippen LogP contribution in [0.3, 0.4) is 0 Å². The molecule has 0 radical (unpaired) electrons. The molecular weight excluding hydrogens is 242 g/mol. The van der Waals surface area contributed by atoms with Crippen molar-refractivity contribution < 1.29 is 4.74 Å². The van der Waals surface area contributed by atoms with Gasteiger partial charge in [0.1, 0.15) is 12.4 Å². The molecule has 18 heavy (non-hydrogen) atoms. The Bertz CT molecular complexity index is 493. The van der Waals surface area contributed by atoms with Gasteiger partial charge in [-0.25, -0.2) is 0 Å². The highest BCUT2D eigenvalue weighted by atomic mass is 32.1.